The van der Waals surface area contributed by atoms with Crippen molar-refractivity contribution < 1.29 is 0 Å². The molecule has 1 heteroatoms. The van der Waals surface area contributed by atoms with E-state index in [1.54, 1.807) is 5.57 Å². The first-order valence-electron chi connectivity index (χ1n) is 5.86. The highest BCUT2D eigenvalue weighted by Gasteiger charge is 2.13. The molecule has 74 valence electrons. The SMILES string of the molecule is C1=C(CCNC2CCCC2)CCC1. The Morgan fingerprint density at radius 3 is 2.77 bits per heavy atom. The van der Waals surface area contributed by atoms with Gasteiger partial charge in [0.05, 0.1) is 0 Å². The quantitative estimate of drug-likeness (QED) is 0.654. The van der Waals surface area contributed by atoms with Gasteiger partial charge in [0, 0.05) is 6.04 Å². The fourth-order valence-corrected chi connectivity index (χ4v) is 2.53. The predicted octanol–water partition coefficient (Wildman–Crippen LogP) is 3.02. The molecule has 1 fully saturated rings. The first kappa shape index (κ1) is 9.26. The lowest BCUT2D eigenvalue weighted by Crippen LogP contribution is -2.26. The van der Waals surface area contributed by atoms with E-state index in [0.29, 0.717) is 0 Å². The van der Waals surface area contributed by atoms with E-state index in [0.717, 1.165) is 6.04 Å². The summed E-state index contributed by atoms with van der Waals surface area (Å²) in [5.41, 5.74) is 1.70. The van der Waals surface area contributed by atoms with Crippen LogP contribution < -0.4 is 5.32 Å². The van der Waals surface area contributed by atoms with Crippen LogP contribution in [-0.4, -0.2) is 12.6 Å². The number of hydrogen-bond donors (Lipinski definition) is 1. The third-order valence-electron chi connectivity index (χ3n) is 3.37. The van der Waals surface area contributed by atoms with Crippen molar-refractivity contribution in [2.24, 2.45) is 0 Å². The Kier molecular flexibility index (Phi) is 3.42. The minimum absolute atomic E-state index is 0.849. The van der Waals surface area contributed by atoms with E-state index < -0.39 is 0 Å². The number of hydrogen-bond acceptors (Lipinski definition) is 1. The first-order chi connectivity index (χ1) is 6.45. The lowest BCUT2D eigenvalue weighted by Gasteiger charge is -2.11. The topological polar surface area (TPSA) is 12.0 Å². The Bertz CT molecular complexity index is 178. The molecule has 0 bridgehead atoms. The highest BCUT2D eigenvalue weighted by molar-refractivity contribution is 5.07. The van der Waals surface area contributed by atoms with Crippen LogP contribution in [0.3, 0.4) is 0 Å². The van der Waals surface area contributed by atoms with E-state index in [4.69, 9.17) is 0 Å². The summed E-state index contributed by atoms with van der Waals surface area (Å²) >= 11 is 0. The van der Waals surface area contributed by atoms with Gasteiger partial charge in [-0.25, -0.2) is 0 Å². The minimum Gasteiger partial charge on any atom is -0.314 e. The van der Waals surface area contributed by atoms with E-state index in [9.17, 15) is 0 Å². The molecule has 2 aliphatic rings. The Morgan fingerprint density at radius 1 is 1.23 bits per heavy atom. The second kappa shape index (κ2) is 4.80. The summed E-state index contributed by atoms with van der Waals surface area (Å²) in [6, 6.07) is 0.849. The van der Waals surface area contributed by atoms with Crippen LogP contribution in [0.1, 0.15) is 51.4 Å². The molecule has 0 radical (unpaired) electrons. The molecular formula is C12H21N. The molecule has 0 saturated heterocycles. The maximum atomic E-state index is 3.67. The summed E-state index contributed by atoms with van der Waals surface area (Å²) in [7, 11) is 0. The van der Waals surface area contributed by atoms with Crippen molar-refractivity contribution in [2.45, 2.75) is 57.4 Å². The third-order valence-corrected chi connectivity index (χ3v) is 3.37. The molecule has 2 aliphatic carbocycles. The van der Waals surface area contributed by atoms with Crippen molar-refractivity contribution in [3.63, 3.8) is 0 Å². The molecule has 0 atom stereocenters. The second-order valence-electron chi connectivity index (χ2n) is 4.44. The zero-order chi connectivity index (χ0) is 8.93. The molecule has 13 heavy (non-hydrogen) atoms. The van der Waals surface area contributed by atoms with Gasteiger partial charge in [-0.2, -0.15) is 0 Å². The Balaban J connectivity index is 1.57. The maximum absolute atomic E-state index is 3.67. The van der Waals surface area contributed by atoms with Gasteiger partial charge < -0.3 is 5.32 Å². The average molecular weight is 179 g/mol. The van der Waals surface area contributed by atoms with Crippen molar-refractivity contribution in [1.29, 1.82) is 0 Å². The first-order valence-corrected chi connectivity index (χ1v) is 5.86. The monoisotopic (exact) mass is 179 g/mol. The zero-order valence-electron chi connectivity index (χ0n) is 8.52. The van der Waals surface area contributed by atoms with E-state index in [-0.39, 0.29) is 0 Å². The summed E-state index contributed by atoms with van der Waals surface area (Å²) in [6.45, 7) is 1.22. The summed E-state index contributed by atoms with van der Waals surface area (Å²) in [6.07, 6.45) is 13.6. The number of nitrogens with one attached hydrogen (secondary N) is 1. The summed E-state index contributed by atoms with van der Waals surface area (Å²) in [5, 5.41) is 3.67. The van der Waals surface area contributed by atoms with Gasteiger partial charge in [-0.3, -0.25) is 0 Å². The Morgan fingerprint density at radius 2 is 2.08 bits per heavy atom. The summed E-state index contributed by atoms with van der Waals surface area (Å²) < 4.78 is 0. The van der Waals surface area contributed by atoms with Gasteiger partial charge in [0.25, 0.3) is 0 Å². The van der Waals surface area contributed by atoms with Crippen molar-refractivity contribution >= 4 is 0 Å². The fraction of sp³-hybridized carbons (Fsp3) is 0.833. The summed E-state index contributed by atoms with van der Waals surface area (Å²) in [4.78, 5) is 0. The number of rotatable bonds is 4. The molecule has 0 aliphatic heterocycles. The van der Waals surface area contributed by atoms with E-state index >= 15 is 0 Å². The van der Waals surface area contributed by atoms with Gasteiger partial charge in [0.1, 0.15) is 0 Å². The molecule has 2 rings (SSSR count). The maximum Gasteiger partial charge on any atom is 0.00671 e. The minimum atomic E-state index is 0.849. The molecule has 1 N–H and O–H groups in total. The van der Waals surface area contributed by atoms with Crippen LogP contribution in [0.5, 0.6) is 0 Å². The third kappa shape index (κ3) is 2.84. The Hall–Kier alpha value is -0.300. The average Bonchev–Trinajstić information content (AvgIpc) is 2.75. The lowest BCUT2D eigenvalue weighted by atomic mass is 10.1. The zero-order valence-corrected chi connectivity index (χ0v) is 8.52. The van der Waals surface area contributed by atoms with Gasteiger partial charge in [-0.05, 0) is 45.1 Å². The van der Waals surface area contributed by atoms with Crippen LogP contribution in [0.25, 0.3) is 0 Å². The molecular weight excluding hydrogens is 158 g/mol. The molecule has 0 aromatic heterocycles. The molecule has 0 spiro atoms. The van der Waals surface area contributed by atoms with Crippen LogP contribution >= 0.6 is 0 Å². The lowest BCUT2D eigenvalue weighted by molar-refractivity contribution is 0.525. The summed E-state index contributed by atoms with van der Waals surface area (Å²) in [5.74, 6) is 0. The Labute approximate surface area is 81.6 Å². The van der Waals surface area contributed by atoms with Crippen LogP contribution in [-0.2, 0) is 0 Å². The van der Waals surface area contributed by atoms with E-state index in [1.807, 2.05) is 0 Å². The van der Waals surface area contributed by atoms with E-state index in [1.165, 1.54) is 57.9 Å². The standard InChI is InChI=1S/C12H21N/c1-2-6-11(5-1)9-10-13-12-7-3-4-8-12/h5,12-13H,1-4,6-10H2. The fourth-order valence-electron chi connectivity index (χ4n) is 2.53. The van der Waals surface area contributed by atoms with Crippen molar-refractivity contribution in [2.75, 3.05) is 6.54 Å². The van der Waals surface area contributed by atoms with Crippen molar-refractivity contribution in [1.82, 2.24) is 5.32 Å². The van der Waals surface area contributed by atoms with Gasteiger partial charge in [0.15, 0.2) is 0 Å². The second-order valence-corrected chi connectivity index (χ2v) is 4.44. The molecule has 1 nitrogen and oxygen atoms in total. The molecule has 0 aromatic carbocycles. The van der Waals surface area contributed by atoms with Gasteiger partial charge in [-0.1, -0.05) is 24.5 Å². The smallest absolute Gasteiger partial charge is 0.00671 e. The van der Waals surface area contributed by atoms with Crippen molar-refractivity contribution in [3.05, 3.63) is 11.6 Å². The van der Waals surface area contributed by atoms with Crippen LogP contribution in [0.15, 0.2) is 11.6 Å². The number of allylic oxidation sites excluding steroid dienone is 1. The largest absolute Gasteiger partial charge is 0.314 e. The van der Waals surface area contributed by atoms with Crippen LogP contribution in [0.2, 0.25) is 0 Å². The van der Waals surface area contributed by atoms with Gasteiger partial charge in [0.2, 0.25) is 0 Å². The van der Waals surface area contributed by atoms with Gasteiger partial charge >= 0.3 is 0 Å². The highest BCUT2D eigenvalue weighted by Crippen LogP contribution is 2.21. The van der Waals surface area contributed by atoms with Crippen LogP contribution in [0, 0.1) is 0 Å². The molecule has 0 heterocycles. The van der Waals surface area contributed by atoms with Gasteiger partial charge in [-0.15, -0.1) is 0 Å². The highest BCUT2D eigenvalue weighted by atomic mass is 14.9. The van der Waals surface area contributed by atoms with E-state index in [2.05, 4.69) is 11.4 Å². The molecule has 0 amide bonds. The van der Waals surface area contributed by atoms with Crippen molar-refractivity contribution in [3.8, 4) is 0 Å². The van der Waals surface area contributed by atoms with Crippen LogP contribution in [0.4, 0.5) is 0 Å². The normalized spacial score (nSPS) is 23.8. The molecule has 1 saturated carbocycles. The predicted molar refractivity (Wildman–Crippen MR) is 56.8 cm³/mol. The molecule has 0 aromatic rings. The molecule has 0 unspecified atom stereocenters.